The third-order valence-corrected chi connectivity index (χ3v) is 4.66. The summed E-state index contributed by atoms with van der Waals surface area (Å²) in [6.07, 6.45) is 1.97. The van der Waals surface area contributed by atoms with Crippen LogP contribution >= 0.6 is 0 Å². The van der Waals surface area contributed by atoms with Gasteiger partial charge < -0.3 is 10.1 Å². The smallest absolute Gasteiger partial charge is 0.0803 e. The third kappa shape index (κ3) is 3.45. The Bertz CT molecular complexity index is 569. The zero-order chi connectivity index (χ0) is 15.3. The molecular formula is C19H27NO. The Morgan fingerprint density at radius 1 is 1.10 bits per heavy atom. The number of hydrogen-bond acceptors (Lipinski definition) is 2. The van der Waals surface area contributed by atoms with Gasteiger partial charge in [0.25, 0.3) is 0 Å². The van der Waals surface area contributed by atoms with Crippen LogP contribution in [0.3, 0.4) is 0 Å². The fourth-order valence-electron chi connectivity index (χ4n) is 2.97. The van der Waals surface area contributed by atoms with E-state index in [9.17, 15) is 0 Å². The third-order valence-electron chi connectivity index (χ3n) is 4.66. The number of methoxy groups -OCH3 is 1. The number of benzene rings is 2. The predicted octanol–water partition coefficient (Wildman–Crippen LogP) is 4.18. The highest BCUT2D eigenvalue weighted by molar-refractivity contribution is 5.85. The van der Waals surface area contributed by atoms with E-state index in [1.807, 2.05) is 7.11 Å². The van der Waals surface area contributed by atoms with Crippen LogP contribution in [0.4, 0.5) is 0 Å². The number of hydrogen-bond donors (Lipinski definition) is 1. The molecule has 2 aromatic rings. The standard InChI is InChI=1S/C19H27NO/c1-5-19(3,21-4)18(20-6-2)14-16-12-9-11-15-10-7-8-13-17(15)16/h7-13,18,20H,5-6,14H2,1-4H3. The van der Waals surface area contributed by atoms with Crippen molar-refractivity contribution in [3.63, 3.8) is 0 Å². The van der Waals surface area contributed by atoms with Gasteiger partial charge in [0.1, 0.15) is 0 Å². The molecule has 2 unspecified atom stereocenters. The first kappa shape index (κ1) is 16.0. The van der Waals surface area contributed by atoms with E-state index in [-0.39, 0.29) is 5.60 Å². The molecule has 0 aliphatic carbocycles. The monoisotopic (exact) mass is 285 g/mol. The molecule has 0 spiro atoms. The van der Waals surface area contributed by atoms with Crippen LogP contribution in [0.2, 0.25) is 0 Å². The van der Waals surface area contributed by atoms with Crippen LogP contribution in [-0.4, -0.2) is 25.3 Å². The van der Waals surface area contributed by atoms with E-state index in [2.05, 4.69) is 68.6 Å². The lowest BCUT2D eigenvalue weighted by Crippen LogP contribution is -2.51. The molecule has 2 atom stereocenters. The van der Waals surface area contributed by atoms with Crippen molar-refractivity contribution in [1.82, 2.24) is 5.32 Å². The van der Waals surface area contributed by atoms with Crippen molar-refractivity contribution >= 4 is 10.8 Å². The molecule has 114 valence electrons. The number of ether oxygens (including phenoxy) is 1. The SMILES string of the molecule is CCNC(Cc1cccc2ccccc12)C(C)(CC)OC. The molecule has 1 N–H and O–H groups in total. The Labute approximate surface area is 128 Å². The second-order valence-electron chi connectivity index (χ2n) is 5.82. The van der Waals surface area contributed by atoms with Gasteiger partial charge in [0.15, 0.2) is 0 Å². The van der Waals surface area contributed by atoms with Crippen LogP contribution < -0.4 is 5.32 Å². The van der Waals surface area contributed by atoms with Crippen LogP contribution in [0.15, 0.2) is 42.5 Å². The van der Waals surface area contributed by atoms with Gasteiger partial charge in [-0.1, -0.05) is 56.3 Å². The molecule has 0 aromatic heterocycles. The molecule has 2 rings (SSSR count). The topological polar surface area (TPSA) is 21.3 Å². The molecule has 2 nitrogen and oxygen atoms in total. The van der Waals surface area contributed by atoms with Gasteiger partial charge >= 0.3 is 0 Å². The van der Waals surface area contributed by atoms with Gasteiger partial charge in [0.05, 0.1) is 5.60 Å². The molecule has 0 bridgehead atoms. The van der Waals surface area contributed by atoms with E-state index < -0.39 is 0 Å². The maximum absolute atomic E-state index is 5.82. The summed E-state index contributed by atoms with van der Waals surface area (Å²) in [7, 11) is 1.82. The van der Waals surface area contributed by atoms with E-state index in [0.29, 0.717) is 6.04 Å². The average molecular weight is 285 g/mol. The first-order valence-electron chi connectivity index (χ1n) is 7.89. The molecule has 21 heavy (non-hydrogen) atoms. The minimum Gasteiger partial charge on any atom is -0.377 e. The largest absolute Gasteiger partial charge is 0.377 e. The number of rotatable bonds is 7. The number of fused-ring (bicyclic) bond motifs is 1. The second kappa shape index (κ2) is 7.06. The Balaban J connectivity index is 2.35. The fourth-order valence-corrected chi connectivity index (χ4v) is 2.97. The summed E-state index contributed by atoms with van der Waals surface area (Å²) in [6, 6.07) is 15.5. The molecule has 0 amide bonds. The van der Waals surface area contributed by atoms with Crippen molar-refractivity contribution in [3.05, 3.63) is 48.0 Å². The lowest BCUT2D eigenvalue weighted by molar-refractivity contribution is -0.0282. The highest BCUT2D eigenvalue weighted by atomic mass is 16.5. The lowest BCUT2D eigenvalue weighted by atomic mass is 9.87. The van der Waals surface area contributed by atoms with E-state index in [0.717, 1.165) is 19.4 Å². The average Bonchev–Trinajstić information content (AvgIpc) is 2.54. The van der Waals surface area contributed by atoms with Crippen LogP contribution in [-0.2, 0) is 11.2 Å². The zero-order valence-corrected chi connectivity index (χ0v) is 13.6. The van der Waals surface area contributed by atoms with E-state index in [1.165, 1.54) is 16.3 Å². The molecule has 0 saturated heterocycles. The Morgan fingerprint density at radius 2 is 1.81 bits per heavy atom. The molecule has 2 aromatic carbocycles. The summed E-state index contributed by atoms with van der Waals surface area (Å²) in [6.45, 7) is 7.50. The first-order chi connectivity index (χ1) is 10.1. The van der Waals surface area contributed by atoms with E-state index >= 15 is 0 Å². The summed E-state index contributed by atoms with van der Waals surface area (Å²) in [4.78, 5) is 0. The summed E-state index contributed by atoms with van der Waals surface area (Å²) in [5.41, 5.74) is 1.24. The predicted molar refractivity (Wildman–Crippen MR) is 90.8 cm³/mol. The van der Waals surface area contributed by atoms with Crippen LogP contribution in [0.5, 0.6) is 0 Å². The van der Waals surface area contributed by atoms with Crippen molar-refractivity contribution in [2.45, 2.75) is 45.3 Å². The van der Waals surface area contributed by atoms with Gasteiger partial charge in [-0.2, -0.15) is 0 Å². The van der Waals surface area contributed by atoms with Gasteiger partial charge in [-0.25, -0.2) is 0 Å². The second-order valence-corrected chi connectivity index (χ2v) is 5.82. The van der Waals surface area contributed by atoms with E-state index in [1.54, 1.807) is 0 Å². The van der Waals surface area contributed by atoms with Crippen molar-refractivity contribution in [3.8, 4) is 0 Å². The Hall–Kier alpha value is -1.38. The van der Waals surface area contributed by atoms with Crippen molar-refractivity contribution < 1.29 is 4.74 Å². The van der Waals surface area contributed by atoms with Crippen LogP contribution in [0.1, 0.15) is 32.8 Å². The van der Waals surface area contributed by atoms with Crippen molar-refractivity contribution in [2.75, 3.05) is 13.7 Å². The molecule has 0 radical (unpaired) electrons. The first-order valence-corrected chi connectivity index (χ1v) is 7.89. The summed E-state index contributed by atoms with van der Waals surface area (Å²) in [5.74, 6) is 0. The zero-order valence-electron chi connectivity index (χ0n) is 13.6. The van der Waals surface area contributed by atoms with E-state index in [4.69, 9.17) is 4.74 Å². The van der Waals surface area contributed by atoms with Gasteiger partial charge in [0.2, 0.25) is 0 Å². The molecule has 0 heterocycles. The minimum absolute atomic E-state index is 0.146. The molecule has 0 aliphatic rings. The van der Waals surface area contributed by atoms with Crippen molar-refractivity contribution in [1.29, 1.82) is 0 Å². The summed E-state index contributed by atoms with van der Waals surface area (Å²) < 4.78 is 5.82. The number of likely N-dealkylation sites (N-methyl/N-ethyl adjacent to an activating group) is 1. The molecular weight excluding hydrogens is 258 g/mol. The maximum atomic E-state index is 5.82. The van der Waals surface area contributed by atoms with Gasteiger partial charge in [-0.05, 0) is 42.6 Å². The highest BCUT2D eigenvalue weighted by Gasteiger charge is 2.32. The Kier molecular flexibility index (Phi) is 5.38. The maximum Gasteiger partial charge on any atom is 0.0803 e. The molecule has 2 heteroatoms. The number of nitrogens with one attached hydrogen (secondary N) is 1. The fraction of sp³-hybridized carbons (Fsp3) is 0.474. The van der Waals surface area contributed by atoms with Crippen LogP contribution in [0, 0.1) is 0 Å². The van der Waals surface area contributed by atoms with Gasteiger partial charge in [0, 0.05) is 13.2 Å². The summed E-state index contributed by atoms with van der Waals surface area (Å²) >= 11 is 0. The minimum atomic E-state index is -0.146. The highest BCUT2D eigenvalue weighted by Crippen LogP contribution is 2.26. The van der Waals surface area contributed by atoms with Gasteiger partial charge in [-0.15, -0.1) is 0 Å². The normalized spacial score (nSPS) is 15.8. The summed E-state index contributed by atoms with van der Waals surface area (Å²) in [5, 5.41) is 6.26. The lowest BCUT2D eigenvalue weighted by Gasteiger charge is -2.36. The Morgan fingerprint density at radius 3 is 2.48 bits per heavy atom. The van der Waals surface area contributed by atoms with Gasteiger partial charge in [-0.3, -0.25) is 0 Å². The molecule has 0 fully saturated rings. The quantitative estimate of drug-likeness (QED) is 0.824. The molecule has 0 aliphatic heterocycles. The van der Waals surface area contributed by atoms with Crippen LogP contribution in [0.25, 0.3) is 10.8 Å². The molecule has 0 saturated carbocycles. The van der Waals surface area contributed by atoms with Crippen molar-refractivity contribution in [2.24, 2.45) is 0 Å².